The molecule has 0 aliphatic heterocycles. The Morgan fingerprint density at radius 2 is 1.61 bits per heavy atom. The zero-order chi connectivity index (χ0) is 20.5. The lowest BCUT2D eigenvalue weighted by Gasteiger charge is -2.24. The number of rotatable bonds is 9. The highest BCUT2D eigenvalue weighted by Gasteiger charge is 2.17. The number of carbonyl (C=O) groups is 2. The summed E-state index contributed by atoms with van der Waals surface area (Å²) in [6.07, 6.45) is 0.621. The Morgan fingerprint density at radius 3 is 2.21 bits per heavy atom. The summed E-state index contributed by atoms with van der Waals surface area (Å²) in [6.45, 7) is 2.52. The molecule has 2 aromatic carbocycles. The lowest BCUT2D eigenvalue weighted by molar-refractivity contribution is -0.138. The Kier molecular flexibility index (Phi) is 7.87. The van der Waals surface area contributed by atoms with Gasteiger partial charge in [-0.15, -0.1) is 0 Å². The highest BCUT2D eigenvalue weighted by atomic mass is 16.5. The van der Waals surface area contributed by atoms with E-state index in [1.807, 2.05) is 48.5 Å². The van der Waals surface area contributed by atoms with Crippen LogP contribution in [-0.4, -0.2) is 56.0 Å². The van der Waals surface area contributed by atoms with Crippen LogP contribution in [-0.2, 0) is 22.6 Å². The first-order valence-corrected chi connectivity index (χ1v) is 9.19. The van der Waals surface area contributed by atoms with E-state index in [9.17, 15) is 9.59 Å². The summed E-state index contributed by atoms with van der Waals surface area (Å²) in [5.41, 5.74) is 2.06. The van der Waals surface area contributed by atoms with Crippen molar-refractivity contribution in [3.05, 3.63) is 59.7 Å². The molecule has 0 saturated heterocycles. The number of benzene rings is 2. The van der Waals surface area contributed by atoms with Crippen molar-refractivity contribution in [2.75, 3.05) is 34.4 Å². The molecule has 6 heteroatoms. The van der Waals surface area contributed by atoms with E-state index in [1.54, 1.807) is 31.1 Å². The van der Waals surface area contributed by atoms with Gasteiger partial charge in [0, 0.05) is 27.1 Å². The minimum absolute atomic E-state index is 0.0615. The minimum atomic E-state index is -0.123. The minimum Gasteiger partial charge on any atom is -0.493 e. The molecule has 0 bridgehead atoms. The van der Waals surface area contributed by atoms with Crippen molar-refractivity contribution >= 4 is 11.8 Å². The quantitative estimate of drug-likeness (QED) is 0.667. The summed E-state index contributed by atoms with van der Waals surface area (Å²) < 4.78 is 10.6. The van der Waals surface area contributed by atoms with E-state index in [0.29, 0.717) is 31.0 Å². The van der Waals surface area contributed by atoms with Gasteiger partial charge < -0.3 is 19.3 Å². The van der Waals surface area contributed by atoms with E-state index in [0.717, 1.165) is 11.1 Å². The Hall–Kier alpha value is -3.02. The van der Waals surface area contributed by atoms with Gasteiger partial charge in [-0.2, -0.15) is 0 Å². The second kappa shape index (κ2) is 10.3. The van der Waals surface area contributed by atoms with Crippen molar-refractivity contribution < 1.29 is 19.1 Å². The summed E-state index contributed by atoms with van der Waals surface area (Å²) in [5, 5.41) is 0. The van der Waals surface area contributed by atoms with E-state index in [1.165, 1.54) is 6.92 Å². The smallest absolute Gasteiger partial charge is 0.242 e. The van der Waals surface area contributed by atoms with Crippen molar-refractivity contribution in [1.82, 2.24) is 9.80 Å². The second-order valence-electron chi connectivity index (χ2n) is 6.62. The Bertz CT molecular complexity index is 792. The lowest BCUT2D eigenvalue weighted by Crippen LogP contribution is -2.41. The number of ether oxygens (including phenoxy) is 2. The molecular formula is C22H28N2O4. The van der Waals surface area contributed by atoms with Gasteiger partial charge in [-0.3, -0.25) is 9.59 Å². The van der Waals surface area contributed by atoms with Crippen molar-refractivity contribution in [2.45, 2.75) is 19.9 Å². The second-order valence-corrected chi connectivity index (χ2v) is 6.62. The van der Waals surface area contributed by atoms with E-state index in [-0.39, 0.29) is 18.4 Å². The molecule has 0 saturated carbocycles. The Labute approximate surface area is 166 Å². The monoisotopic (exact) mass is 384 g/mol. The van der Waals surface area contributed by atoms with Crippen LogP contribution in [0.15, 0.2) is 48.5 Å². The topological polar surface area (TPSA) is 59.1 Å². The summed E-state index contributed by atoms with van der Waals surface area (Å²) in [6, 6.07) is 15.4. The van der Waals surface area contributed by atoms with Crippen LogP contribution >= 0.6 is 0 Å². The predicted molar refractivity (Wildman–Crippen MR) is 108 cm³/mol. The van der Waals surface area contributed by atoms with Crippen LogP contribution in [0.4, 0.5) is 0 Å². The maximum Gasteiger partial charge on any atom is 0.242 e. The summed E-state index contributed by atoms with van der Waals surface area (Å²) in [4.78, 5) is 27.8. The van der Waals surface area contributed by atoms with Gasteiger partial charge in [-0.1, -0.05) is 36.4 Å². The molecule has 2 aromatic rings. The van der Waals surface area contributed by atoms with Crippen molar-refractivity contribution in [3.63, 3.8) is 0 Å². The van der Waals surface area contributed by atoms with Gasteiger partial charge in [0.25, 0.3) is 0 Å². The fourth-order valence-corrected chi connectivity index (χ4v) is 2.88. The van der Waals surface area contributed by atoms with Crippen LogP contribution in [0.3, 0.4) is 0 Å². The SMILES string of the molecule is COc1ccc(CCN(CC(=O)N(C)Cc2ccccc2)C(C)=O)cc1OC. The third-order valence-electron chi connectivity index (χ3n) is 4.58. The predicted octanol–water partition coefficient (Wildman–Crippen LogP) is 2.75. The van der Waals surface area contributed by atoms with Crippen molar-refractivity contribution in [1.29, 1.82) is 0 Å². The molecule has 0 aliphatic rings. The van der Waals surface area contributed by atoms with E-state index in [2.05, 4.69) is 0 Å². The van der Waals surface area contributed by atoms with Crippen molar-refractivity contribution in [3.8, 4) is 11.5 Å². The standard InChI is InChI=1S/C22H28N2O4/c1-17(25)24(13-12-18-10-11-20(27-3)21(14-18)28-4)16-22(26)23(2)15-19-8-6-5-7-9-19/h5-11,14H,12-13,15-16H2,1-4H3. The molecule has 0 atom stereocenters. The first-order chi connectivity index (χ1) is 13.4. The molecule has 0 N–H and O–H groups in total. The molecule has 2 amide bonds. The highest BCUT2D eigenvalue weighted by molar-refractivity contribution is 5.83. The number of amides is 2. The van der Waals surface area contributed by atoms with Gasteiger partial charge in [0.05, 0.1) is 20.8 Å². The molecule has 6 nitrogen and oxygen atoms in total. The molecule has 0 radical (unpaired) electrons. The van der Waals surface area contributed by atoms with E-state index >= 15 is 0 Å². The number of methoxy groups -OCH3 is 2. The number of likely N-dealkylation sites (N-methyl/N-ethyl adjacent to an activating group) is 1. The molecule has 0 spiro atoms. The van der Waals surface area contributed by atoms with E-state index < -0.39 is 0 Å². The fraction of sp³-hybridized carbons (Fsp3) is 0.364. The molecule has 0 fully saturated rings. The first kappa shape index (κ1) is 21.3. The van der Waals surface area contributed by atoms with Gasteiger partial charge >= 0.3 is 0 Å². The highest BCUT2D eigenvalue weighted by Crippen LogP contribution is 2.27. The van der Waals surface area contributed by atoms with Crippen LogP contribution in [0.25, 0.3) is 0 Å². The number of carbonyl (C=O) groups excluding carboxylic acids is 2. The first-order valence-electron chi connectivity index (χ1n) is 9.19. The van der Waals surface area contributed by atoms with Crippen LogP contribution in [0.2, 0.25) is 0 Å². The zero-order valence-corrected chi connectivity index (χ0v) is 17.0. The van der Waals surface area contributed by atoms with Crippen LogP contribution < -0.4 is 9.47 Å². The van der Waals surface area contributed by atoms with Gasteiger partial charge in [0.2, 0.25) is 11.8 Å². The number of nitrogens with zero attached hydrogens (tertiary/aromatic N) is 2. The summed E-state index contributed by atoms with van der Waals surface area (Å²) >= 11 is 0. The van der Waals surface area contributed by atoms with Crippen molar-refractivity contribution in [2.24, 2.45) is 0 Å². The van der Waals surface area contributed by atoms with Gasteiger partial charge in [0.1, 0.15) is 0 Å². The Balaban J connectivity index is 1.95. The maximum absolute atomic E-state index is 12.6. The third kappa shape index (κ3) is 6.01. The number of hydrogen-bond donors (Lipinski definition) is 0. The molecule has 150 valence electrons. The van der Waals surface area contributed by atoms with Gasteiger partial charge in [0.15, 0.2) is 11.5 Å². The van der Waals surface area contributed by atoms with Crippen LogP contribution in [0.5, 0.6) is 11.5 Å². The average molecular weight is 384 g/mol. The zero-order valence-electron chi connectivity index (χ0n) is 17.0. The largest absolute Gasteiger partial charge is 0.493 e. The number of hydrogen-bond acceptors (Lipinski definition) is 4. The van der Waals surface area contributed by atoms with Crippen LogP contribution in [0, 0.1) is 0 Å². The van der Waals surface area contributed by atoms with Gasteiger partial charge in [-0.25, -0.2) is 0 Å². The maximum atomic E-state index is 12.6. The third-order valence-corrected chi connectivity index (χ3v) is 4.58. The molecule has 2 rings (SSSR count). The summed E-state index contributed by atoms with van der Waals surface area (Å²) in [7, 11) is 4.93. The summed E-state index contributed by atoms with van der Waals surface area (Å²) in [5.74, 6) is 1.09. The normalized spacial score (nSPS) is 10.3. The molecule has 0 unspecified atom stereocenters. The van der Waals surface area contributed by atoms with E-state index in [4.69, 9.17) is 9.47 Å². The Morgan fingerprint density at radius 1 is 0.929 bits per heavy atom. The van der Waals surface area contributed by atoms with Crippen LogP contribution in [0.1, 0.15) is 18.1 Å². The fourth-order valence-electron chi connectivity index (χ4n) is 2.88. The van der Waals surface area contributed by atoms with Gasteiger partial charge in [-0.05, 0) is 29.7 Å². The molecule has 28 heavy (non-hydrogen) atoms. The molecule has 0 aliphatic carbocycles. The molecular weight excluding hydrogens is 356 g/mol. The average Bonchev–Trinajstić information content (AvgIpc) is 2.71. The molecule has 0 aromatic heterocycles. The lowest BCUT2D eigenvalue weighted by atomic mass is 10.1. The molecule has 0 heterocycles.